The molecule has 0 aliphatic carbocycles. The first-order chi connectivity index (χ1) is 6.91. The minimum Gasteiger partial charge on any atom is -0.384 e. The standard InChI is InChI=1S/C12H21N3/c1-8-6-5-7-15-10(13)9(12(2,3)4)14-11(8)15/h8H,5-7,13H2,1-4H3. The molecule has 84 valence electrons. The summed E-state index contributed by atoms with van der Waals surface area (Å²) in [7, 11) is 0. The van der Waals surface area contributed by atoms with Gasteiger partial charge in [0.25, 0.3) is 0 Å². The van der Waals surface area contributed by atoms with E-state index in [0.29, 0.717) is 5.92 Å². The first-order valence-corrected chi connectivity index (χ1v) is 5.77. The Morgan fingerprint density at radius 1 is 1.40 bits per heavy atom. The van der Waals surface area contributed by atoms with Gasteiger partial charge in [-0.05, 0) is 12.8 Å². The molecule has 2 rings (SSSR count). The van der Waals surface area contributed by atoms with Crippen LogP contribution in [0.2, 0.25) is 0 Å². The van der Waals surface area contributed by atoms with Gasteiger partial charge in [0.1, 0.15) is 11.6 Å². The Labute approximate surface area is 91.7 Å². The van der Waals surface area contributed by atoms with E-state index in [9.17, 15) is 0 Å². The third-order valence-corrected chi connectivity index (χ3v) is 3.21. The highest BCUT2D eigenvalue weighted by molar-refractivity contribution is 5.43. The number of anilines is 1. The lowest BCUT2D eigenvalue weighted by Crippen LogP contribution is -2.16. The van der Waals surface area contributed by atoms with Crippen LogP contribution in [0.15, 0.2) is 0 Å². The van der Waals surface area contributed by atoms with Crippen molar-refractivity contribution in [2.24, 2.45) is 0 Å². The summed E-state index contributed by atoms with van der Waals surface area (Å²) in [5.74, 6) is 2.62. The van der Waals surface area contributed by atoms with Crippen LogP contribution in [0.1, 0.15) is 58.0 Å². The summed E-state index contributed by atoms with van der Waals surface area (Å²) in [6, 6.07) is 0. The molecule has 1 aliphatic heterocycles. The Hall–Kier alpha value is -0.990. The predicted octanol–water partition coefficient (Wildman–Crippen LogP) is 2.66. The Morgan fingerprint density at radius 2 is 2.07 bits per heavy atom. The molecule has 2 N–H and O–H groups in total. The van der Waals surface area contributed by atoms with Crippen molar-refractivity contribution in [3.63, 3.8) is 0 Å². The van der Waals surface area contributed by atoms with Crippen LogP contribution in [-0.4, -0.2) is 9.55 Å². The van der Waals surface area contributed by atoms with Crippen LogP contribution in [0.4, 0.5) is 5.82 Å². The molecule has 0 aromatic carbocycles. The summed E-state index contributed by atoms with van der Waals surface area (Å²) in [5, 5.41) is 0. The lowest BCUT2D eigenvalue weighted by atomic mass is 9.92. The van der Waals surface area contributed by atoms with E-state index in [1.807, 2.05) is 0 Å². The number of rotatable bonds is 0. The Kier molecular flexibility index (Phi) is 2.28. The maximum absolute atomic E-state index is 6.17. The van der Waals surface area contributed by atoms with Crippen LogP contribution < -0.4 is 5.73 Å². The zero-order chi connectivity index (χ0) is 11.2. The molecule has 0 bridgehead atoms. The molecule has 0 saturated carbocycles. The smallest absolute Gasteiger partial charge is 0.127 e. The fraction of sp³-hybridized carbons (Fsp3) is 0.750. The summed E-state index contributed by atoms with van der Waals surface area (Å²) in [6.07, 6.45) is 2.46. The highest BCUT2D eigenvalue weighted by Crippen LogP contribution is 2.34. The molecule has 0 spiro atoms. The number of hydrogen-bond acceptors (Lipinski definition) is 2. The van der Waals surface area contributed by atoms with E-state index in [1.54, 1.807) is 0 Å². The number of nitrogen functional groups attached to an aromatic ring is 1. The largest absolute Gasteiger partial charge is 0.384 e. The van der Waals surface area contributed by atoms with Gasteiger partial charge in [-0.3, -0.25) is 0 Å². The molecule has 15 heavy (non-hydrogen) atoms. The third kappa shape index (κ3) is 1.64. The van der Waals surface area contributed by atoms with Gasteiger partial charge in [-0.2, -0.15) is 0 Å². The molecule has 1 aromatic rings. The van der Waals surface area contributed by atoms with Crippen molar-refractivity contribution in [1.29, 1.82) is 0 Å². The van der Waals surface area contributed by atoms with E-state index in [0.717, 1.165) is 18.1 Å². The van der Waals surface area contributed by atoms with E-state index < -0.39 is 0 Å². The third-order valence-electron chi connectivity index (χ3n) is 3.21. The van der Waals surface area contributed by atoms with Crippen LogP contribution in [0.3, 0.4) is 0 Å². The van der Waals surface area contributed by atoms with Crippen molar-refractivity contribution in [2.45, 2.75) is 58.4 Å². The van der Waals surface area contributed by atoms with E-state index >= 15 is 0 Å². The number of nitrogens with two attached hydrogens (primary N) is 1. The summed E-state index contributed by atoms with van der Waals surface area (Å²) < 4.78 is 2.20. The summed E-state index contributed by atoms with van der Waals surface area (Å²) >= 11 is 0. The number of nitrogens with zero attached hydrogens (tertiary/aromatic N) is 2. The number of hydrogen-bond donors (Lipinski definition) is 1. The molecule has 1 atom stereocenters. The molecule has 0 amide bonds. The molecule has 0 fully saturated rings. The molecular formula is C12H21N3. The molecule has 0 radical (unpaired) electrons. The van der Waals surface area contributed by atoms with Gasteiger partial charge in [-0.1, -0.05) is 27.7 Å². The SMILES string of the molecule is CC1CCCn2c1nc(C(C)(C)C)c2N. The van der Waals surface area contributed by atoms with Crippen LogP contribution in [-0.2, 0) is 12.0 Å². The van der Waals surface area contributed by atoms with E-state index in [4.69, 9.17) is 10.7 Å². The van der Waals surface area contributed by atoms with E-state index in [2.05, 4.69) is 32.3 Å². The maximum Gasteiger partial charge on any atom is 0.127 e. The summed E-state index contributed by atoms with van der Waals surface area (Å²) in [6.45, 7) is 9.78. The molecule has 1 aromatic heterocycles. The van der Waals surface area contributed by atoms with Crippen molar-refractivity contribution in [3.05, 3.63) is 11.5 Å². The monoisotopic (exact) mass is 207 g/mol. The van der Waals surface area contributed by atoms with Crippen molar-refractivity contribution < 1.29 is 0 Å². The second kappa shape index (κ2) is 3.26. The van der Waals surface area contributed by atoms with Gasteiger partial charge >= 0.3 is 0 Å². The van der Waals surface area contributed by atoms with Gasteiger partial charge in [-0.15, -0.1) is 0 Å². The van der Waals surface area contributed by atoms with Gasteiger partial charge in [0, 0.05) is 17.9 Å². The Balaban J connectivity index is 2.53. The van der Waals surface area contributed by atoms with Gasteiger partial charge < -0.3 is 10.3 Å². The van der Waals surface area contributed by atoms with Crippen molar-refractivity contribution in [3.8, 4) is 0 Å². The van der Waals surface area contributed by atoms with Crippen LogP contribution >= 0.6 is 0 Å². The average Bonchev–Trinajstić information content (AvgIpc) is 2.45. The highest BCUT2D eigenvalue weighted by Gasteiger charge is 2.28. The van der Waals surface area contributed by atoms with Gasteiger partial charge in [0.2, 0.25) is 0 Å². The zero-order valence-corrected chi connectivity index (χ0v) is 10.2. The fourth-order valence-corrected chi connectivity index (χ4v) is 2.33. The quantitative estimate of drug-likeness (QED) is 0.710. The van der Waals surface area contributed by atoms with Crippen LogP contribution in [0.25, 0.3) is 0 Å². The van der Waals surface area contributed by atoms with Crippen molar-refractivity contribution >= 4 is 5.82 Å². The molecule has 2 heterocycles. The van der Waals surface area contributed by atoms with Crippen molar-refractivity contribution in [1.82, 2.24) is 9.55 Å². The van der Waals surface area contributed by atoms with Crippen LogP contribution in [0.5, 0.6) is 0 Å². The zero-order valence-electron chi connectivity index (χ0n) is 10.2. The Morgan fingerprint density at radius 3 is 2.60 bits per heavy atom. The van der Waals surface area contributed by atoms with Crippen molar-refractivity contribution in [2.75, 3.05) is 5.73 Å². The van der Waals surface area contributed by atoms with Gasteiger partial charge in [0.15, 0.2) is 0 Å². The molecule has 1 unspecified atom stereocenters. The minimum atomic E-state index is 0.0497. The fourth-order valence-electron chi connectivity index (χ4n) is 2.33. The van der Waals surface area contributed by atoms with Gasteiger partial charge in [-0.25, -0.2) is 4.98 Å². The van der Waals surface area contributed by atoms with E-state index in [-0.39, 0.29) is 5.41 Å². The second-order valence-electron chi connectivity index (χ2n) is 5.65. The molecule has 3 nitrogen and oxygen atoms in total. The Bertz CT molecular complexity index is 371. The maximum atomic E-state index is 6.17. The highest BCUT2D eigenvalue weighted by atomic mass is 15.2. The summed E-state index contributed by atoms with van der Waals surface area (Å²) in [4.78, 5) is 4.74. The average molecular weight is 207 g/mol. The number of imidazole rings is 1. The molecule has 3 heteroatoms. The summed E-state index contributed by atoms with van der Waals surface area (Å²) in [5.41, 5.74) is 7.28. The predicted molar refractivity (Wildman–Crippen MR) is 63.0 cm³/mol. The normalized spacial score (nSPS) is 21.5. The first kappa shape index (κ1) is 10.5. The lowest BCUT2D eigenvalue weighted by molar-refractivity contribution is 0.467. The minimum absolute atomic E-state index is 0.0497. The lowest BCUT2D eigenvalue weighted by Gasteiger charge is -2.20. The van der Waals surface area contributed by atoms with Crippen LogP contribution in [0, 0.1) is 0 Å². The first-order valence-electron chi connectivity index (χ1n) is 5.77. The topological polar surface area (TPSA) is 43.8 Å². The molecule has 0 saturated heterocycles. The molecular weight excluding hydrogens is 186 g/mol. The van der Waals surface area contributed by atoms with E-state index in [1.165, 1.54) is 18.7 Å². The second-order valence-corrected chi connectivity index (χ2v) is 5.65. The number of fused-ring (bicyclic) bond motifs is 1. The van der Waals surface area contributed by atoms with Gasteiger partial charge in [0.05, 0.1) is 5.69 Å². The number of aromatic nitrogens is 2. The molecule has 1 aliphatic rings.